The van der Waals surface area contributed by atoms with Gasteiger partial charge >= 0.3 is 0 Å². The third-order valence-corrected chi connectivity index (χ3v) is 3.05. The minimum Gasteiger partial charge on any atom is -0.493 e. The molecule has 1 aromatic rings. The number of rotatable bonds is 7. The van der Waals surface area contributed by atoms with Crippen molar-refractivity contribution in [1.29, 1.82) is 0 Å². The normalized spacial score (nSPS) is 11.4. The van der Waals surface area contributed by atoms with Crippen LogP contribution in [0, 0.1) is 0 Å². The average molecular weight is 252 g/mol. The highest BCUT2D eigenvalue weighted by molar-refractivity contribution is 5.45. The number of methoxy groups -OCH3 is 2. The molecule has 0 saturated carbocycles. The summed E-state index contributed by atoms with van der Waals surface area (Å²) in [6, 6.07) is 6.05. The van der Waals surface area contributed by atoms with Crippen molar-refractivity contribution in [2.45, 2.75) is 19.3 Å². The van der Waals surface area contributed by atoms with Crippen LogP contribution in [0.1, 0.15) is 19.4 Å². The van der Waals surface area contributed by atoms with E-state index >= 15 is 0 Å². The van der Waals surface area contributed by atoms with Crippen LogP contribution in [-0.4, -0.2) is 33.9 Å². The Morgan fingerprint density at radius 2 is 1.83 bits per heavy atom. The van der Waals surface area contributed by atoms with Gasteiger partial charge in [0.2, 0.25) is 0 Å². The lowest BCUT2D eigenvalue weighted by Gasteiger charge is -2.26. The summed E-state index contributed by atoms with van der Waals surface area (Å²) in [4.78, 5) is 0. The van der Waals surface area contributed by atoms with Gasteiger partial charge in [0.15, 0.2) is 11.5 Å². The Hall–Kier alpha value is -1.26. The van der Waals surface area contributed by atoms with Crippen molar-refractivity contribution in [3.05, 3.63) is 23.8 Å². The van der Waals surface area contributed by atoms with Gasteiger partial charge in [0.1, 0.15) is 0 Å². The van der Waals surface area contributed by atoms with E-state index in [9.17, 15) is 0 Å². The Kier molecular flexibility index (Phi) is 5.44. The maximum atomic E-state index is 5.48. The molecule has 4 nitrogen and oxygen atoms in total. The first-order valence-corrected chi connectivity index (χ1v) is 6.18. The highest BCUT2D eigenvalue weighted by Crippen LogP contribution is 2.32. The van der Waals surface area contributed by atoms with Crippen molar-refractivity contribution in [1.82, 2.24) is 5.32 Å². The van der Waals surface area contributed by atoms with Crippen LogP contribution in [0.2, 0.25) is 0 Å². The molecule has 18 heavy (non-hydrogen) atoms. The van der Waals surface area contributed by atoms with Crippen molar-refractivity contribution in [2.24, 2.45) is 5.73 Å². The van der Waals surface area contributed by atoms with Crippen LogP contribution in [0.5, 0.6) is 11.5 Å². The molecule has 0 aliphatic carbocycles. The van der Waals surface area contributed by atoms with Crippen LogP contribution in [0.15, 0.2) is 18.2 Å². The molecule has 0 spiro atoms. The van der Waals surface area contributed by atoms with E-state index in [1.54, 1.807) is 14.2 Å². The van der Waals surface area contributed by atoms with Gasteiger partial charge in [-0.3, -0.25) is 0 Å². The van der Waals surface area contributed by atoms with Gasteiger partial charge in [0.05, 0.1) is 14.2 Å². The van der Waals surface area contributed by atoms with Crippen LogP contribution in [0.4, 0.5) is 0 Å². The second-order valence-electron chi connectivity index (χ2n) is 4.92. The Morgan fingerprint density at radius 1 is 1.17 bits per heavy atom. The molecular weight excluding hydrogens is 228 g/mol. The van der Waals surface area contributed by atoms with Gasteiger partial charge in [0.25, 0.3) is 0 Å². The molecule has 0 bridgehead atoms. The van der Waals surface area contributed by atoms with Crippen molar-refractivity contribution in [3.8, 4) is 11.5 Å². The molecule has 0 aliphatic heterocycles. The zero-order valence-electron chi connectivity index (χ0n) is 11.7. The second-order valence-corrected chi connectivity index (χ2v) is 4.92. The van der Waals surface area contributed by atoms with E-state index in [1.807, 2.05) is 12.1 Å². The van der Waals surface area contributed by atoms with Crippen LogP contribution in [0.3, 0.4) is 0 Å². The quantitative estimate of drug-likeness (QED) is 0.723. The zero-order chi connectivity index (χ0) is 13.6. The minimum absolute atomic E-state index is 0.0225. The monoisotopic (exact) mass is 252 g/mol. The maximum Gasteiger partial charge on any atom is 0.161 e. The van der Waals surface area contributed by atoms with Gasteiger partial charge in [-0.2, -0.15) is 0 Å². The van der Waals surface area contributed by atoms with E-state index < -0.39 is 0 Å². The summed E-state index contributed by atoms with van der Waals surface area (Å²) in [5.74, 6) is 1.52. The number of benzene rings is 1. The third kappa shape index (κ3) is 3.62. The van der Waals surface area contributed by atoms with Gasteiger partial charge in [0, 0.05) is 25.0 Å². The van der Waals surface area contributed by atoms with Gasteiger partial charge in [-0.1, -0.05) is 19.9 Å². The van der Waals surface area contributed by atoms with E-state index in [1.165, 1.54) is 5.56 Å². The number of nitrogens with one attached hydrogen (secondary N) is 1. The molecule has 0 amide bonds. The van der Waals surface area contributed by atoms with Gasteiger partial charge in [-0.15, -0.1) is 0 Å². The van der Waals surface area contributed by atoms with Crippen molar-refractivity contribution < 1.29 is 9.47 Å². The number of hydrogen-bond acceptors (Lipinski definition) is 4. The first-order chi connectivity index (χ1) is 8.55. The lowest BCUT2D eigenvalue weighted by atomic mass is 9.84. The molecule has 102 valence electrons. The molecule has 0 fully saturated rings. The Bertz CT molecular complexity index is 378. The molecule has 0 unspecified atom stereocenters. The third-order valence-electron chi connectivity index (χ3n) is 3.05. The van der Waals surface area contributed by atoms with E-state index in [4.69, 9.17) is 15.2 Å². The second kappa shape index (κ2) is 6.61. The average Bonchev–Trinajstić information content (AvgIpc) is 2.38. The highest BCUT2D eigenvalue weighted by atomic mass is 16.5. The summed E-state index contributed by atoms with van der Waals surface area (Å²) < 4.78 is 10.6. The molecular formula is C14H24N2O2. The van der Waals surface area contributed by atoms with Gasteiger partial charge in [-0.05, 0) is 17.7 Å². The van der Waals surface area contributed by atoms with Gasteiger partial charge < -0.3 is 20.5 Å². The number of ether oxygens (including phenoxy) is 2. The fraction of sp³-hybridized carbons (Fsp3) is 0.571. The highest BCUT2D eigenvalue weighted by Gasteiger charge is 2.21. The number of nitrogens with two attached hydrogens (primary N) is 1. The largest absolute Gasteiger partial charge is 0.493 e. The molecule has 0 aliphatic rings. The lowest BCUT2D eigenvalue weighted by Crippen LogP contribution is -2.35. The summed E-state index contributed by atoms with van der Waals surface area (Å²) in [5.41, 5.74) is 6.72. The minimum atomic E-state index is 0.0225. The predicted octanol–water partition coefficient (Wildman–Crippen LogP) is 1.53. The molecule has 0 aromatic heterocycles. The Labute approximate surface area is 109 Å². The van der Waals surface area contributed by atoms with E-state index in [-0.39, 0.29) is 5.41 Å². The number of hydrogen-bond donors (Lipinski definition) is 2. The van der Waals surface area contributed by atoms with Crippen LogP contribution in [0.25, 0.3) is 0 Å². The van der Waals surface area contributed by atoms with Crippen molar-refractivity contribution in [2.75, 3.05) is 33.9 Å². The molecule has 4 heteroatoms. The fourth-order valence-electron chi connectivity index (χ4n) is 1.86. The molecule has 3 N–H and O–H groups in total. The molecule has 1 rings (SSSR count). The topological polar surface area (TPSA) is 56.5 Å². The smallest absolute Gasteiger partial charge is 0.161 e. The summed E-state index contributed by atoms with van der Waals surface area (Å²) >= 11 is 0. The maximum absolute atomic E-state index is 5.48. The van der Waals surface area contributed by atoms with Crippen LogP contribution in [-0.2, 0) is 5.41 Å². The molecule has 0 radical (unpaired) electrons. The summed E-state index contributed by atoms with van der Waals surface area (Å²) in [6.45, 7) is 6.74. The zero-order valence-corrected chi connectivity index (χ0v) is 11.7. The first kappa shape index (κ1) is 14.8. The van der Waals surface area contributed by atoms with Crippen molar-refractivity contribution in [3.63, 3.8) is 0 Å². The first-order valence-electron chi connectivity index (χ1n) is 6.18. The van der Waals surface area contributed by atoms with E-state index in [0.717, 1.165) is 24.6 Å². The SMILES string of the molecule is COc1ccc(C(C)(C)CNCCN)cc1OC. The van der Waals surface area contributed by atoms with Gasteiger partial charge in [-0.25, -0.2) is 0 Å². The summed E-state index contributed by atoms with van der Waals surface area (Å²) in [6.07, 6.45) is 0. The summed E-state index contributed by atoms with van der Waals surface area (Å²) in [5, 5.41) is 3.34. The van der Waals surface area contributed by atoms with Crippen molar-refractivity contribution >= 4 is 0 Å². The van der Waals surface area contributed by atoms with E-state index in [2.05, 4.69) is 25.2 Å². The molecule has 0 saturated heterocycles. The fourth-order valence-corrected chi connectivity index (χ4v) is 1.86. The molecule has 0 heterocycles. The van der Waals surface area contributed by atoms with Crippen LogP contribution >= 0.6 is 0 Å². The Balaban J connectivity index is 2.87. The standard InChI is InChI=1S/C14H24N2O2/c1-14(2,10-16-8-7-15)11-5-6-12(17-3)13(9-11)18-4/h5-6,9,16H,7-8,10,15H2,1-4H3. The van der Waals surface area contributed by atoms with E-state index in [0.29, 0.717) is 6.54 Å². The Morgan fingerprint density at radius 3 is 2.39 bits per heavy atom. The molecule has 1 aromatic carbocycles. The molecule has 0 atom stereocenters. The lowest BCUT2D eigenvalue weighted by molar-refractivity contribution is 0.353. The predicted molar refractivity (Wildman–Crippen MR) is 74.5 cm³/mol. The van der Waals surface area contributed by atoms with Crippen LogP contribution < -0.4 is 20.5 Å². The summed E-state index contributed by atoms with van der Waals surface area (Å²) in [7, 11) is 3.30.